The number of methoxy groups -OCH3 is 2. The second-order valence-corrected chi connectivity index (χ2v) is 3.98. The van der Waals surface area contributed by atoms with Gasteiger partial charge in [-0.1, -0.05) is 0 Å². The molecule has 112 valence electrons. The number of nitrogens with one attached hydrogen (secondary N) is 2. The molecule has 21 heavy (non-hydrogen) atoms. The maximum absolute atomic E-state index is 11.9. The number of benzene rings is 1. The van der Waals surface area contributed by atoms with Crippen LogP contribution in [-0.2, 0) is 14.3 Å². The van der Waals surface area contributed by atoms with Crippen molar-refractivity contribution in [3.8, 4) is 11.8 Å². The molecule has 1 rings (SSSR count). The Morgan fingerprint density at radius 2 is 2.00 bits per heavy atom. The van der Waals surface area contributed by atoms with Crippen molar-refractivity contribution in [2.24, 2.45) is 0 Å². The van der Waals surface area contributed by atoms with E-state index in [9.17, 15) is 4.79 Å². The number of hydrogen-bond donors (Lipinski definition) is 3. The molecule has 0 unspecified atom stereocenters. The molecular weight excluding hydrogens is 274 g/mol. The van der Waals surface area contributed by atoms with E-state index >= 15 is 0 Å². The molecule has 0 heterocycles. The largest absolute Gasteiger partial charge is 0.508 e. The Morgan fingerprint density at radius 3 is 2.52 bits per heavy atom. The quantitative estimate of drug-likeness (QED) is 0.299. The molecule has 0 saturated heterocycles. The normalized spacial score (nSPS) is 11.0. The predicted octanol–water partition coefficient (Wildman–Crippen LogP) is 0.947. The Hall–Kier alpha value is -2.56. The lowest BCUT2D eigenvalue weighted by molar-refractivity contribution is -0.112. The molecule has 0 aromatic heterocycles. The molecule has 0 radical (unpaired) electrons. The number of nitriles is 1. The predicted molar refractivity (Wildman–Crippen MR) is 76.2 cm³/mol. The van der Waals surface area contributed by atoms with Gasteiger partial charge < -0.3 is 25.2 Å². The first-order valence-corrected chi connectivity index (χ1v) is 6.10. The Labute approximate surface area is 122 Å². The fraction of sp³-hybridized carbons (Fsp3) is 0.286. The summed E-state index contributed by atoms with van der Waals surface area (Å²) in [4.78, 5) is 11.9. The molecule has 0 aliphatic rings. The molecule has 0 atom stereocenters. The first kappa shape index (κ1) is 16.5. The highest BCUT2D eigenvalue weighted by Gasteiger charge is 2.10. The van der Waals surface area contributed by atoms with Gasteiger partial charge >= 0.3 is 0 Å². The number of phenols is 1. The Bertz CT molecular complexity index is 530. The highest BCUT2D eigenvalue weighted by Crippen LogP contribution is 2.14. The van der Waals surface area contributed by atoms with Gasteiger partial charge in [0.1, 0.15) is 17.4 Å². The van der Waals surface area contributed by atoms with Crippen LogP contribution in [0.5, 0.6) is 5.75 Å². The van der Waals surface area contributed by atoms with Crippen molar-refractivity contribution >= 4 is 11.6 Å². The number of carbonyl (C=O) groups excluding carboxylic acids is 1. The second kappa shape index (κ2) is 8.58. The molecule has 1 amide bonds. The summed E-state index contributed by atoms with van der Waals surface area (Å²) in [5, 5.41) is 23.4. The van der Waals surface area contributed by atoms with Crippen LogP contribution in [0.15, 0.2) is 36.0 Å². The van der Waals surface area contributed by atoms with E-state index in [0.29, 0.717) is 12.2 Å². The third-order valence-electron chi connectivity index (χ3n) is 2.55. The van der Waals surface area contributed by atoms with Crippen LogP contribution < -0.4 is 10.6 Å². The summed E-state index contributed by atoms with van der Waals surface area (Å²) >= 11 is 0. The number of phenolic OH excluding ortho intramolecular Hbond substituents is 1. The lowest BCUT2D eigenvalue weighted by atomic mass is 10.2. The van der Waals surface area contributed by atoms with Crippen molar-refractivity contribution < 1.29 is 19.4 Å². The van der Waals surface area contributed by atoms with Gasteiger partial charge in [-0.3, -0.25) is 4.79 Å². The average Bonchev–Trinajstić information content (AvgIpc) is 2.50. The third kappa shape index (κ3) is 5.52. The van der Waals surface area contributed by atoms with Crippen LogP contribution in [0.4, 0.5) is 5.69 Å². The maximum atomic E-state index is 11.9. The van der Waals surface area contributed by atoms with Crippen molar-refractivity contribution in [3.05, 3.63) is 36.0 Å². The minimum Gasteiger partial charge on any atom is -0.508 e. The first-order valence-electron chi connectivity index (χ1n) is 6.10. The van der Waals surface area contributed by atoms with Crippen LogP contribution in [0.25, 0.3) is 0 Å². The molecule has 0 bridgehead atoms. The van der Waals surface area contributed by atoms with E-state index < -0.39 is 12.2 Å². The number of nitrogens with zero attached hydrogens (tertiary/aromatic N) is 1. The lowest BCUT2D eigenvalue weighted by Gasteiger charge is -2.12. The molecule has 1 aromatic rings. The minimum absolute atomic E-state index is 0.0889. The van der Waals surface area contributed by atoms with Crippen molar-refractivity contribution in [1.29, 1.82) is 5.26 Å². The Kier molecular flexibility index (Phi) is 6.74. The fourth-order valence-corrected chi connectivity index (χ4v) is 1.41. The summed E-state index contributed by atoms with van der Waals surface area (Å²) in [6.07, 6.45) is 0.821. The molecule has 0 fully saturated rings. The highest BCUT2D eigenvalue weighted by atomic mass is 16.7. The summed E-state index contributed by atoms with van der Waals surface area (Å²) in [6, 6.07) is 7.73. The number of ether oxygens (including phenoxy) is 2. The summed E-state index contributed by atoms with van der Waals surface area (Å²) in [5.74, 6) is -0.460. The van der Waals surface area contributed by atoms with E-state index in [-0.39, 0.29) is 11.3 Å². The zero-order chi connectivity index (χ0) is 15.7. The van der Waals surface area contributed by atoms with Crippen molar-refractivity contribution in [3.63, 3.8) is 0 Å². The highest BCUT2D eigenvalue weighted by molar-refractivity contribution is 6.06. The van der Waals surface area contributed by atoms with E-state index in [1.165, 1.54) is 44.7 Å². The van der Waals surface area contributed by atoms with Crippen LogP contribution in [0.3, 0.4) is 0 Å². The molecular formula is C14H17N3O4. The molecule has 0 spiro atoms. The van der Waals surface area contributed by atoms with Gasteiger partial charge in [-0.2, -0.15) is 5.26 Å². The van der Waals surface area contributed by atoms with Gasteiger partial charge in [0, 0.05) is 26.1 Å². The fourth-order valence-electron chi connectivity index (χ4n) is 1.41. The molecule has 7 heteroatoms. The summed E-state index contributed by atoms with van der Waals surface area (Å²) in [6.45, 7) is 0.296. The van der Waals surface area contributed by atoms with Gasteiger partial charge in [-0.05, 0) is 24.3 Å². The molecule has 3 N–H and O–H groups in total. The van der Waals surface area contributed by atoms with Crippen molar-refractivity contribution in [2.75, 3.05) is 26.1 Å². The van der Waals surface area contributed by atoms with E-state index in [1.807, 2.05) is 0 Å². The van der Waals surface area contributed by atoms with Crippen LogP contribution in [-0.4, -0.2) is 38.1 Å². The monoisotopic (exact) mass is 291 g/mol. The lowest BCUT2D eigenvalue weighted by Crippen LogP contribution is -2.27. The van der Waals surface area contributed by atoms with Gasteiger partial charge in [-0.15, -0.1) is 0 Å². The smallest absolute Gasteiger partial charge is 0.267 e. The zero-order valence-corrected chi connectivity index (χ0v) is 11.8. The number of hydrogen-bond acceptors (Lipinski definition) is 6. The van der Waals surface area contributed by atoms with Gasteiger partial charge in [0.2, 0.25) is 0 Å². The van der Waals surface area contributed by atoms with E-state index in [0.717, 1.165) is 0 Å². The van der Waals surface area contributed by atoms with Crippen molar-refractivity contribution in [2.45, 2.75) is 6.29 Å². The van der Waals surface area contributed by atoms with E-state index in [1.54, 1.807) is 6.07 Å². The van der Waals surface area contributed by atoms with Gasteiger partial charge in [0.25, 0.3) is 5.91 Å². The van der Waals surface area contributed by atoms with E-state index in [2.05, 4.69) is 10.6 Å². The van der Waals surface area contributed by atoms with Crippen molar-refractivity contribution in [1.82, 2.24) is 5.32 Å². The summed E-state index contributed by atoms with van der Waals surface area (Å²) in [7, 11) is 2.98. The minimum atomic E-state index is -0.554. The third-order valence-corrected chi connectivity index (χ3v) is 2.55. The summed E-state index contributed by atoms with van der Waals surface area (Å²) < 4.78 is 9.92. The first-order chi connectivity index (χ1) is 10.1. The number of aromatic hydroxyl groups is 1. The average molecular weight is 291 g/mol. The number of amides is 1. The van der Waals surface area contributed by atoms with E-state index in [4.69, 9.17) is 19.8 Å². The topological polar surface area (TPSA) is 104 Å². The summed E-state index contributed by atoms with van der Waals surface area (Å²) in [5.41, 5.74) is 0.389. The van der Waals surface area contributed by atoms with Gasteiger partial charge in [0.15, 0.2) is 6.29 Å². The number of carbonyl (C=O) groups is 1. The number of rotatable bonds is 7. The zero-order valence-electron chi connectivity index (χ0n) is 11.8. The Balaban J connectivity index is 2.60. The molecule has 0 aliphatic carbocycles. The van der Waals surface area contributed by atoms with Crippen LogP contribution in [0.2, 0.25) is 0 Å². The van der Waals surface area contributed by atoms with Crippen LogP contribution in [0.1, 0.15) is 0 Å². The van der Waals surface area contributed by atoms with Crippen LogP contribution in [0, 0.1) is 11.3 Å². The maximum Gasteiger partial charge on any atom is 0.267 e. The SMILES string of the molecule is COC(CN/C=C(/C#N)C(=O)Nc1ccc(O)cc1)OC. The van der Waals surface area contributed by atoms with Gasteiger partial charge in [0.05, 0.1) is 6.54 Å². The second-order valence-electron chi connectivity index (χ2n) is 3.98. The van der Waals surface area contributed by atoms with Crippen LogP contribution >= 0.6 is 0 Å². The molecule has 0 saturated carbocycles. The molecule has 1 aromatic carbocycles. The van der Waals surface area contributed by atoms with Gasteiger partial charge in [-0.25, -0.2) is 0 Å². The Morgan fingerprint density at radius 1 is 1.38 bits per heavy atom. The standard InChI is InChI=1S/C14H17N3O4/c1-20-13(21-2)9-16-8-10(7-15)14(19)17-11-3-5-12(18)6-4-11/h3-6,8,13,16,18H,9H2,1-2H3,(H,17,19)/b10-8-. The number of anilines is 1. The molecule has 0 aliphatic heterocycles. The molecule has 7 nitrogen and oxygen atoms in total.